The van der Waals surface area contributed by atoms with Gasteiger partial charge in [-0.2, -0.15) is 4.68 Å². The van der Waals surface area contributed by atoms with E-state index in [1.165, 1.54) is 0 Å². The van der Waals surface area contributed by atoms with Crippen molar-refractivity contribution in [1.82, 2.24) is 25.5 Å². The van der Waals surface area contributed by atoms with E-state index < -0.39 is 0 Å². The molecule has 2 rings (SSSR count). The van der Waals surface area contributed by atoms with Gasteiger partial charge in [0.2, 0.25) is 0 Å². The van der Waals surface area contributed by atoms with E-state index in [-0.39, 0.29) is 0 Å². The normalized spacial score (nSPS) is 10.7. The van der Waals surface area contributed by atoms with Crippen LogP contribution in [0.15, 0.2) is 24.3 Å². The second kappa shape index (κ2) is 7.56. The molecule has 1 heterocycles. The summed E-state index contributed by atoms with van der Waals surface area (Å²) in [6.07, 6.45) is 0. The first-order valence-electron chi connectivity index (χ1n) is 6.55. The van der Waals surface area contributed by atoms with Gasteiger partial charge in [-0.25, -0.2) is 0 Å². The zero-order valence-electron chi connectivity index (χ0n) is 11.7. The summed E-state index contributed by atoms with van der Waals surface area (Å²) >= 11 is 0. The SMILES string of the molecule is CCOc1ccc(-n2nnnc2CNCCOC)cc1. The molecule has 0 fully saturated rings. The molecule has 0 radical (unpaired) electrons. The molecule has 0 unspecified atom stereocenters. The Morgan fingerprint density at radius 1 is 1.25 bits per heavy atom. The molecule has 0 amide bonds. The fourth-order valence-corrected chi connectivity index (χ4v) is 1.74. The van der Waals surface area contributed by atoms with Crippen LogP contribution >= 0.6 is 0 Å². The highest BCUT2D eigenvalue weighted by Gasteiger charge is 2.07. The van der Waals surface area contributed by atoms with Gasteiger partial charge in [-0.1, -0.05) is 0 Å². The maximum absolute atomic E-state index is 5.41. The van der Waals surface area contributed by atoms with E-state index in [2.05, 4.69) is 20.8 Å². The molecular weight excluding hydrogens is 258 g/mol. The molecule has 108 valence electrons. The average molecular weight is 277 g/mol. The van der Waals surface area contributed by atoms with Gasteiger partial charge in [0.25, 0.3) is 0 Å². The van der Waals surface area contributed by atoms with Crippen molar-refractivity contribution in [2.45, 2.75) is 13.5 Å². The van der Waals surface area contributed by atoms with Crippen molar-refractivity contribution < 1.29 is 9.47 Å². The fraction of sp³-hybridized carbons (Fsp3) is 0.462. The molecule has 20 heavy (non-hydrogen) atoms. The topological polar surface area (TPSA) is 74.1 Å². The molecule has 1 aromatic carbocycles. The molecular formula is C13H19N5O2. The third kappa shape index (κ3) is 3.75. The minimum Gasteiger partial charge on any atom is -0.494 e. The number of rotatable bonds is 8. The Morgan fingerprint density at radius 2 is 2.05 bits per heavy atom. The second-order valence-corrected chi connectivity index (χ2v) is 4.10. The largest absolute Gasteiger partial charge is 0.494 e. The van der Waals surface area contributed by atoms with Crippen LogP contribution in [0.3, 0.4) is 0 Å². The lowest BCUT2D eigenvalue weighted by Crippen LogP contribution is -2.21. The molecule has 0 bridgehead atoms. The predicted octanol–water partition coefficient (Wildman–Crippen LogP) is 0.797. The average Bonchev–Trinajstić information content (AvgIpc) is 2.93. The van der Waals surface area contributed by atoms with E-state index in [0.29, 0.717) is 19.8 Å². The van der Waals surface area contributed by atoms with Crippen molar-refractivity contribution >= 4 is 0 Å². The minimum absolute atomic E-state index is 0.587. The zero-order valence-corrected chi connectivity index (χ0v) is 11.7. The summed E-state index contributed by atoms with van der Waals surface area (Å²) in [5, 5.41) is 15.0. The van der Waals surface area contributed by atoms with Crippen molar-refractivity contribution in [1.29, 1.82) is 0 Å². The number of benzene rings is 1. The summed E-state index contributed by atoms with van der Waals surface area (Å²) in [6.45, 7) is 4.61. The highest BCUT2D eigenvalue weighted by molar-refractivity contribution is 5.36. The third-order valence-corrected chi connectivity index (χ3v) is 2.69. The van der Waals surface area contributed by atoms with Crippen LogP contribution in [0.5, 0.6) is 5.75 Å². The summed E-state index contributed by atoms with van der Waals surface area (Å²) in [6, 6.07) is 7.67. The van der Waals surface area contributed by atoms with Gasteiger partial charge >= 0.3 is 0 Å². The number of hydrogen-bond acceptors (Lipinski definition) is 6. The van der Waals surface area contributed by atoms with Crippen LogP contribution in [0.1, 0.15) is 12.7 Å². The maximum Gasteiger partial charge on any atom is 0.170 e. The molecule has 2 aromatic rings. The molecule has 0 saturated heterocycles. The van der Waals surface area contributed by atoms with E-state index >= 15 is 0 Å². The summed E-state index contributed by atoms with van der Waals surface area (Å²) in [5.74, 6) is 1.59. The summed E-state index contributed by atoms with van der Waals surface area (Å²) in [7, 11) is 1.67. The van der Waals surface area contributed by atoms with Crippen LogP contribution in [0.4, 0.5) is 0 Å². The van der Waals surface area contributed by atoms with Gasteiger partial charge in [0.05, 0.1) is 25.4 Å². The summed E-state index contributed by atoms with van der Waals surface area (Å²) in [4.78, 5) is 0. The Bertz CT molecular complexity index is 512. The standard InChI is InChI=1S/C13H19N5O2/c1-3-20-12-6-4-11(5-7-12)18-13(15-16-17-18)10-14-8-9-19-2/h4-7,14H,3,8-10H2,1-2H3. The Hall–Kier alpha value is -1.99. The van der Waals surface area contributed by atoms with Gasteiger partial charge in [-0.3, -0.25) is 0 Å². The molecule has 7 nitrogen and oxygen atoms in total. The third-order valence-electron chi connectivity index (χ3n) is 2.69. The van der Waals surface area contributed by atoms with Crippen LogP contribution < -0.4 is 10.1 Å². The van der Waals surface area contributed by atoms with Gasteiger partial charge < -0.3 is 14.8 Å². The van der Waals surface area contributed by atoms with Crippen LogP contribution in [0, 0.1) is 0 Å². The Kier molecular flexibility index (Phi) is 5.45. The smallest absolute Gasteiger partial charge is 0.170 e. The van der Waals surface area contributed by atoms with E-state index in [1.807, 2.05) is 31.2 Å². The Labute approximate surface area is 117 Å². The predicted molar refractivity (Wildman–Crippen MR) is 73.9 cm³/mol. The van der Waals surface area contributed by atoms with Gasteiger partial charge in [0.1, 0.15) is 5.75 Å². The van der Waals surface area contributed by atoms with Gasteiger partial charge in [0.15, 0.2) is 5.82 Å². The monoisotopic (exact) mass is 277 g/mol. The lowest BCUT2D eigenvalue weighted by molar-refractivity contribution is 0.199. The first-order valence-corrected chi connectivity index (χ1v) is 6.55. The minimum atomic E-state index is 0.587. The second-order valence-electron chi connectivity index (χ2n) is 4.10. The molecule has 7 heteroatoms. The Balaban J connectivity index is 2.03. The first kappa shape index (κ1) is 14.4. The fourth-order valence-electron chi connectivity index (χ4n) is 1.74. The number of nitrogens with zero attached hydrogens (tertiary/aromatic N) is 4. The molecule has 0 atom stereocenters. The first-order chi connectivity index (χ1) is 9.85. The van der Waals surface area contributed by atoms with Crippen LogP contribution in [0.25, 0.3) is 5.69 Å². The quantitative estimate of drug-likeness (QED) is 0.719. The van der Waals surface area contributed by atoms with Crippen molar-refractivity contribution in [2.24, 2.45) is 0 Å². The van der Waals surface area contributed by atoms with Gasteiger partial charge in [0, 0.05) is 13.7 Å². The van der Waals surface area contributed by atoms with Crippen LogP contribution in [0.2, 0.25) is 0 Å². The van der Waals surface area contributed by atoms with Crippen molar-refractivity contribution in [2.75, 3.05) is 26.9 Å². The van der Waals surface area contributed by atoms with Crippen LogP contribution in [-0.2, 0) is 11.3 Å². The van der Waals surface area contributed by atoms with Gasteiger partial charge in [-0.05, 0) is 41.6 Å². The number of tetrazole rings is 1. The molecule has 0 aliphatic heterocycles. The molecule has 0 spiro atoms. The number of nitrogens with one attached hydrogen (secondary N) is 1. The van der Waals surface area contributed by atoms with Crippen molar-refractivity contribution in [3.05, 3.63) is 30.1 Å². The molecule has 1 N–H and O–H groups in total. The molecule has 0 aliphatic carbocycles. The number of hydrogen-bond donors (Lipinski definition) is 1. The van der Waals surface area contributed by atoms with Gasteiger partial charge in [-0.15, -0.1) is 5.10 Å². The number of methoxy groups -OCH3 is 1. The number of aromatic nitrogens is 4. The zero-order chi connectivity index (χ0) is 14.2. The lowest BCUT2D eigenvalue weighted by Gasteiger charge is -2.07. The van der Waals surface area contributed by atoms with E-state index in [1.54, 1.807) is 11.8 Å². The summed E-state index contributed by atoms with van der Waals surface area (Å²) < 4.78 is 12.1. The molecule has 1 aromatic heterocycles. The van der Waals surface area contributed by atoms with Crippen LogP contribution in [-0.4, -0.2) is 47.1 Å². The highest BCUT2D eigenvalue weighted by atomic mass is 16.5. The van der Waals surface area contributed by atoms with Crippen molar-refractivity contribution in [3.8, 4) is 11.4 Å². The summed E-state index contributed by atoms with van der Waals surface area (Å²) in [5.41, 5.74) is 0.905. The molecule has 0 aliphatic rings. The number of ether oxygens (including phenoxy) is 2. The van der Waals surface area contributed by atoms with Crippen molar-refractivity contribution in [3.63, 3.8) is 0 Å². The molecule has 0 saturated carbocycles. The maximum atomic E-state index is 5.41. The van der Waals surface area contributed by atoms with E-state index in [9.17, 15) is 0 Å². The van der Waals surface area contributed by atoms with E-state index in [0.717, 1.165) is 23.8 Å². The highest BCUT2D eigenvalue weighted by Crippen LogP contribution is 2.15. The lowest BCUT2D eigenvalue weighted by atomic mass is 10.3. The Morgan fingerprint density at radius 3 is 2.75 bits per heavy atom. The van der Waals surface area contributed by atoms with E-state index in [4.69, 9.17) is 9.47 Å².